The van der Waals surface area contributed by atoms with Crippen LogP contribution < -0.4 is 0 Å². The van der Waals surface area contributed by atoms with E-state index in [4.69, 9.17) is 0 Å². The van der Waals surface area contributed by atoms with Gasteiger partial charge in [0.2, 0.25) is 0 Å². The zero-order valence-electron chi connectivity index (χ0n) is 13.1. The van der Waals surface area contributed by atoms with Crippen molar-refractivity contribution in [2.75, 3.05) is 0 Å². The number of rotatable bonds is 2. The van der Waals surface area contributed by atoms with Crippen molar-refractivity contribution in [2.24, 2.45) is 0 Å². The van der Waals surface area contributed by atoms with E-state index in [9.17, 15) is 39.5 Å². The molecule has 0 fully saturated rings. The lowest BCUT2D eigenvalue weighted by Gasteiger charge is -2.15. The molecule has 2 rings (SSSR count). The standard InChI is InChI=1S/C17H11F9/c1-9-2-10(5-12(3-9)15(18,19)20)4-11-6-13(16(21,22)23)8-14(7-11)17(24,25)26/h2-3,5-8H,4H2,1H3. The molecule has 0 bridgehead atoms. The molecule has 0 nitrogen and oxygen atoms in total. The highest BCUT2D eigenvalue weighted by Gasteiger charge is 2.37. The first-order valence-corrected chi connectivity index (χ1v) is 7.12. The third-order valence-corrected chi connectivity index (χ3v) is 3.52. The molecule has 0 spiro atoms. The Morgan fingerprint density at radius 3 is 1.27 bits per heavy atom. The van der Waals surface area contributed by atoms with Crippen LogP contribution in [0, 0.1) is 6.92 Å². The fourth-order valence-electron chi connectivity index (χ4n) is 2.49. The number of hydrogen-bond acceptors (Lipinski definition) is 0. The molecule has 2 aromatic rings. The molecule has 0 aliphatic carbocycles. The summed E-state index contributed by atoms with van der Waals surface area (Å²) in [6.07, 6.45) is -15.2. The highest BCUT2D eigenvalue weighted by atomic mass is 19.4. The first-order chi connectivity index (χ1) is 11.7. The molecule has 9 heteroatoms. The monoisotopic (exact) mass is 386 g/mol. The van der Waals surface area contributed by atoms with Crippen LogP contribution in [-0.2, 0) is 24.9 Å². The molecule has 0 amide bonds. The van der Waals surface area contributed by atoms with Crippen LogP contribution >= 0.6 is 0 Å². The third-order valence-electron chi connectivity index (χ3n) is 3.52. The summed E-state index contributed by atoms with van der Waals surface area (Å²) in [5.74, 6) is 0. The van der Waals surface area contributed by atoms with Crippen molar-refractivity contribution in [1.29, 1.82) is 0 Å². The molecular formula is C17H11F9. The summed E-state index contributed by atoms with van der Waals surface area (Å²) in [7, 11) is 0. The van der Waals surface area contributed by atoms with E-state index in [2.05, 4.69) is 0 Å². The Morgan fingerprint density at radius 2 is 0.885 bits per heavy atom. The van der Waals surface area contributed by atoms with E-state index < -0.39 is 41.6 Å². The topological polar surface area (TPSA) is 0 Å². The van der Waals surface area contributed by atoms with E-state index in [1.54, 1.807) is 0 Å². The first kappa shape index (κ1) is 20.1. The van der Waals surface area contributed by atoms with Gasteiger partial charge in [-0.15, -0.1) is 0 Å². The summed E-state index contributed by atoms with van der Waals surface area (Å²) in [5.41, 5.74) is -4.26. The molecule has 0 saturated carbocycles. The van der Waals surface area contributed by atoms with Crippen LogP contribution in [0.3, 0.4) is 0 Å². The normalized spacial score (nSPS) is 13.2. The van der Waals surface area contributed by atoms with Crippen molar-refractivity contribution in [3.05, 3.63) is 69.8 Å². The highest BCUT2D eigenvalue weighted by Crippen LogP contribution is 2.37. The first-order valence-electron chi connectivity index (χ1n) is 7.12. The number of alkyl halides is 9. The third kappa shape index (κ3) is 4.92. The Morgan fingerprint density at radius 1 is 0.538 bits per heavy atom. The number of hydrogen-bond donors (Lipinski definition) is 0. The molecule has 0 heterocycles. The fourth-order valence-corrected chi connectivity index (χ4v) is 2.49. The van der Waals surface area contributed by atoms with Gasteiger partial charge in [0.15, 0.2) is 0 Å². The van der Waals surface area contributed by atoms with Gasteiger partial charge in [-0.05, 0) is 54.8 Å². The second kappa shape index (κ2) is 6.51. The van der Waals surface area contributed by atoms with Crippen LogP contribution in [0.15, 0.2) is 36.4 Å². The van der Waals surface area contributed by atoms with Crippen molar-refractivity contribution < 1.29 is 39.5 Å². The molecule has 0 saturated heterocycles. The van der Waals surface area contributed by atoms with Gasteiger partial charge in [-0.3, -0.25) is 0 Å². The Kier molecular flexibility index (Phi) is 5.04. The fraction of sp³-hybridized carbons (Fsp3) is 0.294. The van der Waals surface area contributed by atoms with Crippen LogP contribution in [0.2, 0.25) is 0 Å². The average Bonchev–Trinajstić information content (AvgIpc) is 2.43. The minimum Gasteiger partial charge on any atom is -0.166 e. The van der Waals surface area contributed by atoms with Crippen LogP contribution in [-0.4, -0.2) is 0 Å². The van der Waals surface area contributed by atoms with Crippen molar-refractivity contribution in [3.8, 4) is 0 Å². The van der Waals surface area contributed by atoms with E-state index in [0.717, 1.165) is 6.07 Å². The Hall–Kier alpha value is -2.19. The molecule has 0 radical (unpaired) electrons. The molecule has 2 aromatic carbocycles. The molecule has 0 unspecified atom stereocenters. The quantitative estimate of drug-likeness (QED) is 0.508. The average molecular weight is 386 g/mol. The summed E-state index contributed by atoms with van der Waals surface area (Å²) < 4.78 is 116. The lowest BCUT2D eigenvalue weighted by molar-refractivity contribution is -0.143. The van der Waals surface area contributed by atoms with Crippen LogP contribution in [0.1, 0.15) is 33.4 Å². The van der Waals surface area contributed by atoms with E-state index in [1.165, 1.54) is 13.0 Å². The summed E-state index contributed by atoms with van der Waals surface area (Å²) in [6, 6.07) is 3.82. The van der Waals surface area contributed by atoms with Crippen LogP contribution in [0.4, 0.5) is 39.5 Å². The second-order valence-corrected chi connectivity index (χ2v) is 5.80. The predicted octanol–water partition coefficient (Wildman–Crippen LogP) is 6.64. The molecule has 26 heavy (non-hydrogen) atoms. The number of benzene rings is 2. The lowest BCUT2D eigenvalue weighted by Crippen LogP contribution is -2.12. The van der Waals surface area contributed by atoms with Crippen LogP contribution in [0.5, 0.6) is 0 Å². The van der Waals surface area contributed by atoms with E-state index in [1.807, 2.05) is 0 Å². The maximum Gasteiger partial charge on any atom is 0.416 e. The van der Waals surface area contributed by atoms with Crippen molar-refractivity contribution in [1.82, 2.24) is 0 Å². The predicted molar refractivity (Wildman–Crippen MR) is 75.4 cm³/mol. The van der Waals surface area contributed by atoms with Gasteiger partial charge in [-0.2, -0.15) is 39.5 Å². The summed E-state index contributed by atoms with van der Waals surface area (Å²) in [4.78, 5) is 0. The van der Waals surface area contributed by atoms with E-state index in [0.29, 0.717) is 18.2 Å². The van der Waals surface area contributed by atoms with Gasteiger partial charge in [0.25, 0.3) is 0 Å². The molecule has 0 aliphatic rings. The largest absolute Gasteiger partial charge is 0.416 e. The summed E-state index contributed by atoms with van der Waals surface area (Å²) >= 11 is 0. The van der Waals surface area contributed by atoms with E-state index >= 15 is 0 Å². The highest BCUT2D eigenvalue weighted by molar-refractivity contribution is 5.39. The molecular weight excluding hydrogens is 375 g/mol. The van der Waals surface area contributed by atoms with Gasteiger partial charge in [0, 0.05) is 0 Å². The van der Waals surface area contributed by atoms with Gasteiger partial charge in [0.1, 0.15) is 0 Å². The molecule has 0 aromatic heterocycles. The number of aryl methyl sites for hydroxylation is 1. The zero-order chi connectivity index (χ0) is 19.9. The maximum absolute atomic E-state index is 12.8. The molecule has 0 atom stereocenters. The summed E-state index contributed by atoms with van der Waals surface area (Å²) in [5, 5.41) is 0. The zero-order valence-corrected chi connectivity index (χ0v) is 13.1. The Balaban J connectivity index is 2.51. The summed E-state index contributed by atoms with van der Waals surface area (Å²) in [6.45, 7) is 1.35. The molecule has 142 valence electrons. The minimum atomic E-state index is -5.01. The maximum atomic E-state index is 12.8. The van der Waals surface area contributed by atoms with Crippen LogP contribution in [0.25, 0.3) is 0 Å². The van der Waals surface area contributed by atoms with E-state index in [-0.39, 0.29) is 22.8 Å². The molecule has 0 N–H and O–H groups in total. The van der Waals surface area contributed by atoms with Crippen molar-refractivity contribution in [2.45, 2.75) is 31.9 Å². The Labute approximate surface area is 142 Å². The lowest BCUT2D eigenvalue weighted by atomic mass is 9.97. The minimum absolute atomic E-state index is 0.0269. The van der Waals surface area contributed by atoms with Gasteiger partial charge >= 0.3 is 18.5 Å². The van der Waals surface area contributed by atoms with Gasteiger partial charge in [-0.25, -0.2) is 0 Å². The SMILES string of the molecule is Cc1cc(Cc2cc(C(F)(F)F)cc(C(F)(F)F)c2)cc(C(F)(F)F)c1. The smallest absolute Gasteiger partial charge is 0.166 e. The second-order valence-electron chi connectivity index (χ2n) is 5.80. The van der Waals surface area contributed by atoms with Gasteiger partial charge < -0.3 is 0 Å². The Bertz CT molecular complexity index is 763. The van der Waals surface area contributed by atoms with Crippen molar-refractivity contribution in [3.63, 3.8) is 0 Å². The number of halogens is 9. The van der Waals surface area contributed by atoms with Crippen molar-refractivity contribution >= 4 is 0 Å². The van der Waals surface area contributed by atoms with Gasteiger partial charge in [0.05, 0.1) is 16.7 Å². The van der Waals surface area contributed by atoms with Gasteiger partial charge in [-0.1, -0.05) is 11.6 Å². The molecule has 0 aliphatic heterocycles.